The van der Waals surface area contributed by atoms with Crippen LogP contribution in [0.25, 0.3) is 11.1 Å². The lowest BCUT2D eigenvalue weighted by molar-refractivity contribution is 0.343. The minimum Gasteiger partial charge on any atom is -0.378 e. The first-order chi connectivity index (χ1) is 14.4. The molecule has 8 heteroatoms. The molecule has 1 aromatic heterocycles. The van der Waals surface area contributed by atoms with E-state index in [-0.39, 0.29) is 10.8 Å². The Hall–Kier alpha value is -2.15. The second-order valence-electron chi connectivity index (χ2n) is 7.54. The molecular weight excluding hydrogens is 429 g/mol. The summed E-state index contributed by atoms with van der Waals surface area (Å²) in [5.74, 6) is -0.928. The lowest BCUT2D eigenvalue weighted by atomic mass is 10.1. The Morgan fingerprint density at radius 2 is 1.90 bits per heavy atom. The minimum absolute atomic E-state index is 0.0395. The maximum Gasteiger partial charge on any atom is 0.142 e. The Morgan fingerprint density at radius 1 is 1.13 bits per heavy atom. The van der Waals surface area contributed by atoms with Crippen LogP contribution in [0, 0.1) is 11.6 Å². The number of halogens is 4. The molecule has 4 nitrogen and oxygen atoms in total. The molecule has 1 atom stereocenters. The van der Waals surface area contributed by atoms with Crippen LogP contribution in [0.3, 0.4) is 0 Å². The standard InChI is InChI=1S/C22H22Cl2F2N4/c1-13(21-19(23)2-3-20(26)22(21)24)29-17-9-14(8-16(25)10-17)15-11-28-30(12-15)18-4-6-27-7-5-18/h2-3,8-13,18,27,29H,4-7H2,1H3. The van der Waals surface area contributed by atoms with Crippen LogP contribution in [0.15, 0.2) is 42.7 Å². The van der Waals surface area contributed by atoms with E-state index in [1.807, 2.05) is 16.9 Å². The molecule has 4 rings (SSSR count). The van der Waals surface area contributed by atoms with Gasteiger partial charge < -0.3 is 10.6 Å². The lowest BCUT2D eigenvalue weighted by Gasteiger charge is -2.22. The summed E-state index contributed by atoms with van der Waals surface area (Å²) in [7, 11) is 0. The van der Waals surface area contributed by atoms with E-state index in [0.29, 0.717) is 27.9 Å². The van der Waals surface area contributed by atoms with Crippen LogP contribution in [0.1, 0.15) is 37.4 Å². The molecule has 1 aliphatic rings. The maximum atomic E-state index is 14.4. The molecule has 2 heterocycles. The van der Waals surface area contributed by atoms with Gasteiger partial charge in [-0.2, -0.15) is 5.10 Å². The molecule has 2 aromatic carbocycles. The number of anilines is 1. The van der Waals surface area contributed by atoms with Gasteiger partial charge in [0.05, 0.1) is 23.3 Å². The summed E-state index contributed by atoms with van der Waals surface area (Å²) in [5.41, 5.74) is 2.53. The zero-order valence-electron chi connectivity index (χ0n) is 16.4. The number of rotatable bonds is 5. The molecule has 0 amide bonds. The summed E-state index contributed by atoms with van der Waals surface area (Å²) in [5, 5.41) is 11.3. The zero-order chi connectivity index (χ0) is 21.3. The second kappa shape index (κ2) is 8.92. The first-order valence-corrected chi connectivity index (χ1v) is 10.6. The van der Waals surface area contributed by atoms with Crippen LogP contribution in [0.2, 0.25) is 10.0 Å². The van der Waals surface area contributed by atoms with Crippen LogP contribution >= 0.6 is 23.2 Å². The summed E-state index contributed by atoms with van der Waals surface area (Å²) in [4.78, 5) is 0. The van der Waals surface area contributed by atoms with Gasteiger partial charge in [-0.05, 0) is 68.8 Å². The van der Waals surface area contributed by atoms with E-state index in [4.69, 9.17) is 23.2 Å². The van der Waals surface area contributed by atoms with Crippen molar-refractivity contribution in [2.24, 2.45) is 0 Å². The van der Waals surface area contributed by atoms with Crippen LogP contribution < -0.4 is 10.6 Å². The highest BCUT2D eigenvalue weighted by molar-refractivity contribution is 6.36. The van der Waals surface area contributed by atoms with Gasteiger partial charge in [0.1, 0.15) is 11.6 Å². The van der Waals surface area contributed by atoms with E-state index >= 15 is 0 Å². The SMILES string of the molecule is CC(Nc1cc(F)cc(-c2cnn(C3CCNCC3)c2)c1)c1c(Cl)ccc(F)c1Cl. The number of benzene rings is 2. The van der Waals surface area contributed by atoms with Crippen molar-refractivity contribution in [1.29, 1.82) is 0 Å². The molecule has 1 aliphatic heterocycles. The highest BCUT2D eigenvalue weighted by atomic mass is 35.5. The number of hydrogen-bond acceptors (Lipinski definition) is 3. The van der Waals surface area contributed by atoms with E-state index in [1.165, 1.54) is 24.3 Å². The van der Waals surface area contributed by atoms with Crippen molar-refractivity contribution in [3.8, 4) is 11.1 Å². The summed E-state index contributed by atoms with van der Waals surface area (Å²) >= 11 is 12.3. The molecule has 2 N–H and O–H groups in total. The van der Waals surface area contributed by atoms with Gasteiger partial charge in [-0.25, -0.2) is 8.78 Å². The first kappa shape index (κ1) is 21.1. The number of nitrogens with zero attached hydrogens (tertiary/aromatic N) is 2. The second-order valence-corrected chi connectivity index (χ2v) is 8.33. The van der Waals surface area contributed by atoms with E-state index in [1.54, 1.807) is 13.1 Å². The Morgan fingerprint density at radius 3 is 2.67 bits per heavy atom. The smallest absolute Gasteiger partial charge is 0.142 e. The van der Waals surface area contributed by atoms with Crippen molar-refractivity contribution in [3.63, 3.8) is 0 Å². The summed E-state index contributed by atoms with van der Waals surface area (Å²) < 4.78 is 30.2. The normalized spacial score (nSPS) is 15.9. The van der Waals surface area contributed by atoms with Crippen molar-refractivity contribution in [1.82, 2.24) is 15.1 Å². The van der Waals surface area contributed by atoms with Crippen LogP contribution in [0.4, 0.5) is 14.5 Å². The van der Waals surface area contributed by atoms with Gasteiger partial charge in [-0.3, -0.25) is 4.68 Å². The Balaban J connectivity index is 1.58. The summed E-state index contributed by atoms with van der Waals surface area (Å²) in [6, 6.07) is 7.31. The fraction of sp³-hybridized carbons (Fsp3) is 0.318. The fourth-order valence-corrected chi connectivity index (χ4v) is 4.56. The average Bonchev–Trinajstić information content (AvgIpc) is 3.22. The van der Waals surface area contributed by atoms with Crippen molar-refractivity contribution in [2.75, 3.05) is 18.4 Å². The van der Waals surface area contributed by atoms with Crippen LogP contribution in [-0.4, -0.2) is 22.9 Å². The van der Waals surface area contributed by atoms with Gasteiger partial charge in [0.2, 0.25) is 0 Å². The van der Waals surface area contributed by atoms with Gasteiger partial charge >= 0.3 is 0 Å². The van der Waals surface area contributed by atoms with Crippen molar-refractivity contribution in [3.05, 3.63) is 70.0 Å². The van der Waals surface area contributed by atoms with Crippen molar-refractivity contribution in [2.45, 2.75) is 31.8 Å². The van der Waals surface area contributed by atoms with Gasteiger partial charge in [0.25, 0.3) is 0 Å². The molecular formula is C22H22Cl2F2N4. The van der Waals surface area contributed by atoms with E-state index in [9.17, 15) is 8.78 Å². The Bertz CT molecular complexity index is 1050. The van der Waals surface area contributed by atoms with Crippen molar-refractivity contribution < 1.29 is 8.78 Å². The van der Waals surface area contributed by atoms with Gasteiger partial charge in [0.15, 0.2) is 0 Å². The van der Waals surface area contributed by atoms with E-state index in [0.717, 1.165) is 31.5 Å². The molecule has 1 fully saturated rings. The predicted molar refractivity (Wildman–Crippen MR) is 117 cm³/mol. The van der Waals surface area contributed by atoms with Crippen LogP contribution in [0.5, 0.6) is 0 Å². The molecule has 3 aromatic rings. The fourth-order valence-electron chi connectivity index (χ4n) is 3.86. The Kier molecular flexibility index (Phi) is 6.27. The predicted octanol–water partition coefficient (Wildman–Crippen LogP) is 6.23. The third-order valence-corrected chi connectivity index (χ3v) is 6.12. The third-order valence-electron chi connectivity index (χ3n) is 5.41. The van der Waals surface area contributed by atoms with Gasteiger partial charge in [-0.15, -0.1) is 0 Å². The third kappa shape index (κ3) is 4.46. The number of hydrogen-bond donors (Lipinski definition) is 2. The van der Waals surface area contributed by atoms with E-state index in [2.05, 4.69) is 15.7 Å². The zero-order valence-corrected chi connectivity index (χ0v) is 17.9. The number of aromatic nitrogens is 2. The molecule has 0 aliphatic carbocycles. The lowest BCUT2D eigenvalue weighted by Crippen LogP contribution is -2.29. The number of nitrogens with one attached hydrogen (secondary N) is 2. The van der Waals surface area contributed by atoms with Crippen molar-refractivity contribution >= 4 is 28.9 Å². The average molecular weight is 451 g/mol. The van der Waals surface area contributed by atoms with Gasteiger partial charge in [-0.1, -0.05) is 23.2 Å². The molecule has 1 saturated heterocycles. The van der Waals surface area contributed by atoms with E-state index < -0.39 is 11.9 Å². The highest BCUT2D eigenvalue weighted by Crippen LogP contribution is 2.35. The number of piperidine rings is 1. The maximum absolute atomic E-state index is 14.4. The molecule has 30 heavy (non-hydrogen) atoms. The topological polar surface area (TPSA) is 41.9 Å². The minimum atomic E-state index is -0.546. The molecule has 0 saturated carbocycles. The monoisotopic (exact) mass is 450 g/mol. The molecule has 0 bridgehead atoms. The van der Waals surface area contributed by atoms with Crippen LogP contribution in [-0.2, 0) is 0 Å². The highest BCUT2D eigenvalue weighted by Gasteiger charge is 2.19. The van der Waals surface area contributed by atoms with Gasteiger partial charge in [0, 0.05) is 28.0 Å². The Labute approximate surface area is 184 Å². The molecule has 0 radical (unpaired) electrons. The molecule has 0 spiro atoms. The molecule has 158 valence electrons. The molecule has 1 unspecified atom stereocenters. The quantitative estimate of drug-likeness (QED) is 0.452. The summed E-state index contributed by atoms with van der Waals surface area (Å²) in [6.07, 6.45) is 5.75. The summed E-state index contributed by atoms with van der Waals surface area (Å²) in [6.45, 7) is 3.74. The first-order valence-electron chi connectivity index (χ1n) is 9.88. The largest absolute Gasteiger partial charge is 0.378 e.